The SMILES string of the molecule is CCc1nc(C2CCN(C(=O)c3ccc(OC4CC4(F)F)cc3)CC2)n[nH]1. The summed E-state index contributed by atoms with van der Waals surface area (Å²) in [6, 6.07) is 6.42. The standard InChI is InChI=1S/C19H22F2N4O2/c1-2-16-22-17(24-23-16)12-7-9-25(10-8-12)18(26)13-3-5-14(6-4-13)27-15-11-19(15,20)21/h3-6,12,15H,2,7-11H2,1H3,(H,22,23,24). The molecule has 2 aromatic rings. The van der Waals surface area contributed by atoms with Crippen LogP contribution in [0, 0.1) is 0 Å². The van der Waals surface area contributed by atoms with Gasteiger partial charge in [-0.05, 0) is 37.1 Å². The molecule has 1 aromatic heterocycles. The Bertz CT molecular complexity index is 813. The van der Waals surface area contributed by atoms with Crippen LogP contribution in [0.3, 0.4) is 0 Å². The minimum Gasteiger partial charge on any atom is -0.484 e. The third kappa shape index (κ3) is 3.79. The van der Waals surface area contributed by atoms with E-state index in [2.05, 4.69) is 15.2 Å². The summed E-state index contributed by atoms with van der Waals surface area (Å²) in [5, 5.41) is 7.22. The summed E-state index contributed by atoms with van der Waals surface area (Å²) in [7, 11) is 0. The van der Waals surface area contributed by atoms with Crippen molar-refractivity contribution in [2.24, 2.45) is 0 Å². The smallest absolute Gasteiger partial charge is 0.288 e. The Hall–Kier alpha value is -2.51. The number of aromatic nitrogens is 3. The van der Waals surface area contributed by atoms with E-state index < -0.39 is 12.0 Å². The van der Waals surface area contributed by atoms with Crippen LogP contribution in [0.25, 0.3) is 0 Å². The van der Waals surface area contributed by atoms with Crippen LogP contribution in [0.4, 0.5) is 8.78 Å². The molecule has 27 heavy (non-hydrogen) atoms. The van der Waals surface area contributed by atoms with Gasteiger partial charge in [0.05, 0.1) is 6.42 Å². The average Bonchev–Trinajstić information content (AvgIpc) is 3.08. The number of halogens is 2. The minimum absolute atomic E-state index is 0.0546. The molecular formula is C19H22F2N4O2. The fourth-order valence-electron chi connectivity index (χ4n) is 3.33. The molecule has 1 unspecified atom stereocenters. The second kappa shape index (κ2) is 6.90. The Labute approximate surface area is 155 Å². The van der Waals surface area contributed by atoms with Gasteiger partial charge in [0.25, 0.3) is 11.8 Å². The van der Waals surface area contributed by atoms with Gasteiger partial charge >= 0.3 is 0 Å². The molecule has 1 saturated heterocycles. The number of aromatic amines is 1. The van der Waals surface area contributed by atoms with Gasteiger partial charge in [-0.1, -0.05) is 6.92 Å². The van der Waals surface area contributed by atoms with E-state index in [1.807, 2.05) is 11.8 Å². The van der Waals surface area contributed by atoms with Gasteiger partial charge in [0, 0.05) is 31.0 Å². The normalized spacial score (nSPS) is 21.9. The van der Waals surface area contributed by atoms with E-state index in [9.17, 15) is 13.6 Å². The summed E-state index contributed by atoms with van der Waals surface area (Å²) >= 11 is 0. The number of H-pyrrole nitrogens is 1. The zero-order valence-electron chi connectivity index (χ0n) is 15.1. The number of likely N-dealkylation sites (tertiary alicyclic amines) is 1. The molecule has 1 aliphatic heterocycles. The van der Waals surface area contributed by atoms with Gasteiger partial charge in [-0.15, -0.1) is 0 Å². The lowest BCUT2D eigenvalue weighted by Gasteiger charge is -2.30. The molecule has 144 valence electrons. The number of ether oxygens (including phenoxy) is 1. The highest BCUT2D eigenvalue weighted by Crippen LogP contribution is 2.44. The number of amides is 1. The van der Waals surface area contributed by atoms with Crippen molar-refractivity contribution >= 4 is 5.91 Å². The maximum absolute atomic E-state index is 12.9. The molecule has 2 aliphatic rings. The first-order valence-corrected chi connectivity index (χ1v) is 9.31. The molecule has 1 aromatic carbocycles. The minimum atomic E-state index is -2.72. The zero-order chi connectivity index (χ0) is 19.0. The predicted molar refractivity (Wildman–Crippen MR) is 94.1 cm³/mol. The van der Waals surface area contributed by atoms with Crippen molar-refractivity contribution in [2.75, 3.05) is 13.1 Å². The number of hydrogen-bond donors (Lipinski definition) is 1. The highest BCUT2D eigenvalue weighted by molar-refractivity contribution is 5.94. The summed E-state index contributed by atoms with van der Waals surface area (Å²) in [5.41, 5.74) is 0.537. The van der Waals surface area contributed by atoms with Gasteiger partial charge in [0.15, 0.2) is 11.9 Å². The van der Waals surface area contributed by atoms with Crippen molar-refractivity contribution in [1.82, 2.24) is 20.1 Å². The number of carbonyl (C=O) groups excluding carboxylic acids is 1. The van der Waals surface area contributed by atoms with Gasteiger partial charge < -0.3 is 9.64 Å². The Balaban J connectivity index is 1.32. The van der Waals surface area contributed by atoms with E-state index in [0.29, 0.717) is 24.4 Å². The first-order chi connectivity index (χ1) is 13.0. The van der Waals surface area contributed by atoms with Crippen molar-refractivity contribution < 1.29 is 18.3 Å². The molecule has 0 spiro atoms. The van der Waals surface area contributed by atoms with Crippen LogP contribution in [-0.2, 0) is 6.42 Å². The summed E-state index contributed by atoms with van der Waals surface area (Å²) in [6.45, 7) is 3.32. The van der Waals surface area contributed by atoms with Gasteiger partial charge in [-0.25, -0.2) is 13.8 Å². The number of nitrogens with one attached hydrogen (secondary N) is 1. The monoisotopic (exact) mass is 376 g/mol. The molecule has 6 nitrogen and oxygen atoms in total. The fraction of sp³-hybridized carbons (Fsp3) is 0.526. The number of carbonyl (C=O) groups is 1. The summed E-state index contributed by atoms with van der Waals surface area (Å²) < 4.78 is 31.0. The number of aryl methyl sites for hydroxylation is 1. The molecule has 2 fully saturated rings. The third-order valence-corrected chi connectivity index (χ3v) is 5.18. The van der Waals surface area contributed by atoms with E-state index in [-0.39, 0.29) is 18.2 Å². The van der Waals surface area contributed by atoms with Crippen molar-refractivity contribution in [3.8, 4) is 5.75 Å². The van der Waals surface area contributed by atoms with E-state index in [4.69, 9.17) is 4.74 Å². The molecule has 8 heteroatoms. The quantitative estimate of drug-likeness (QED) is 0.870. The summed E-state index contributed by atoms with van der Waals surface area (Å²) in [4.78, 5) is 19.0. The second-order valence-corrected chi connectivity index (χ2v) is 7.16. The Morgan fingerprint density at radius 1 is 1.30 bits per heavy atom. The predicted octanol–water partition coefficient (Wildman–Crippen LogP) is 3.17. The lowest BCUT2D eigenvalue weighted by Crippen LogP contribution is -2.38. The van der Waals surface area contributed by atoms with Gasteiger partial charge in [-0.3, -0.25) is 9.89 Å². The molecule has 1 aliphatic carbocycles. The van der Waals surface area contributed by atoms with Gasteiger partial charge in [0.1, 0.15) is 11.6 Å². The maximum atomic E-state index is 12.9. The number of rotatable bonds is 5. The van der Waals surface area contributed by atoms with Crippen LogP contribution < -0.4 is 4.74 Å². The lowest BCUT2D eigenvalue weighted by atomic mass is 9.95. The highest BCUT2D eigenvalue weighted by atomic mass is 19.3. The Kier molecular flexibility index (Phi) is 4.57. The Morgan fingerprint density at radius 3 is 2.52 bits per heavy atom. The molecule has 0 radical (unpaired) electrons. The van der Waals surface area contributed by atoms with Crippen LogP contribution >= 0.6 is 0 Å². The number of nitrogens with zero attached hydrogens (tertiary/aromatic N) is 3. The van der Waals surface area contributed by atoms with Crippen molar-refractivity contribution in [2.45, 2.75) is 50.6 Å². The van der Waals surface area contributed by atoms with E-state index in [0.717, 1.165) is 30.9 Å². The number of hydrogen-bond acceptors (Lipinski definition) is 4. The number of alkyl halides is 2. The van der Waals surface area contributed by atoms with Gasteiger partial charge in [0.2, 0.25) is 0 Å². The van der Waals surface area contributed by atoms with Gasteiger partial charge in [-0.2, -0.15) is 5.10 Å². The largest absolute Gasteiger partial charge is 0.484 e. The molecular weight excluding hydrogens is 354 g/mol. The fourth-order valence-corrected chi connectivity index (χ4v) is 3.33. The zero-order valence-corrected chi connectivity index (χ0v) is 15.1. The lowest BCUT2D eigenvalue weighted by molar-refractivity contribution is 0.0662. The Morgan fingerprint density at radius 2 is 1.96 bits per heavy atom. The first kappa shape index (κ1) is 17.9. The summed E-state index contributed by atoms with van der Waals surface area (Å²) in [5.74, 6) is -0.432. The maximum Gasteiger partial charge on any atom is 0.288 e. The molecule has 1 saturated carbocycles. The molecule has 1 N–H and O–H groups in total. The van der Waals surface area contributed by atoms with Crippen molar-refractivity contribution in [3.63, 3.8) is 0 Å². The van der Waals surface area contributed by atoms with E-state index >= 15 is 0 Å². The first-order valence-electron chi connectivity index (χ1n) is 9.31. The molecule has 1 amide bonds. The van der Waals surface area contributed by atoms with Crippen LogP contribution in [0.15, 0.2) is 24.3 Å². The molecule has 0 bridgehead atoms. The van der Waals surface area contributed by atoms with Crippen molar-refractivity contribution in [1.29, 1.82) is 0 Å². The molecule has 1 atom stereocenters. The highest BCUT2D eigenvalue weighted by Gasteiger charge is 2.59. The van der Waals surface area contributed by atoms with Crippen LogP contribution in [-0.4, -0.2) is 51.1 Å². The molecule has 2 heterocycles. The van der Waals surface area contributed by atoms with E-state index in [1.54, 1.807) is 24.3 Å². The van der Waals surface area contributed by atoms with Crippen LogP contribution in [0.2, 0.25) is 0 Å². The van der Waals surface area contributed by atoms with Crippen molar-refractivity contribution in [3.05, 3.63) is 41.5 Å². The van der Waals surface area contributed by atoms with Crippen LogP contribution in [0.1, 0.15) is 54.1 Å². The second-order valence-electron chi connectivity index (χ2n) is 7.16. The summed E-state index contributed by atoms with van der Waals surface area (Å²) in [6.07, 6.45) is 1.19. The number of piperidine rings is 1. The topological polar surface area (TPSA) is 71.1 Å². The third-order valence-electron chi connectivity index (χ3n) is 5.18. The van der Waals surface area contributed by atoms with E-state index in [1.165, 1.54) is 0 Å². The average molecular weight is 376 g/mol. The van der Waals surface area contributed by atoms with Crippen LogP contribution in [0.5, 0.6) is 5.75 Å². The molecule has 4 rings (SSSR count). The number of benzene rings is 1.